The molecular formula is C23H21N3O6S2. The lowest BCUT2D eigenvalue weighted by molar-refractivity contribution is 0.171. The molecule has 4 aromatic rings. The van der Waals surface area contributed by atoms with E-state index in [9.17, 15) is 8.42 Å². The predicted molar refractivity (Wildman–Crippen MR) is 127 cm³/mol. The summed E-state index contributed by atoms with van der Waals surface area (Å²) in [4.78, 5) is 4.88. The van der Waals surface area contributed by atoms with Gasteiger partial charge < -0.3 is 18.7 Å². The Morgan fingerprint density at radius 1 is 1.06 bits per heavy atom. The van der Waals surface area contributed by atoms with Crippen molar-refractivity contribution in [3.05, 3.63) is 53.9 Å². The third-order valence-electron chi connectivity index (χ3n) is 5.20. The van der Waals surface area contributed by atoms with Crippen LogP contribution in [0.2, 0.25) is 0 Å². The van der Waals surface area contributed by atoms with Crippen molar-refractivity contribution in [2.45, 2.75) is 11.8 Å². The first-order valence-corrected chi connectivity index (χ1v) is 12.8. The van der Waals surface area contributed by atoms with Crippen LogP contribution >= 0.6 is 11.3 Å². The average molecular weight is 500 g/mol. The number of hydrogen-bond donors (Lipinski definition) is 0. The standard InChI is InChI=1S/C23H21N3O6S2/c1-3-29-17-7-4-15(5-8-17)22-24-23(32-25-22)21-20(10-13-33-21)34(27,28)26(2)16-6-9-18-19(14-16)31-12-11-30-18/h4-10,13-14H,3,11-12H2,1-2H3. The first kappa shape index (κ1) is 22.2. The molecule has 0 amide bonds. The third kappa shape index (κ3) is 4.08. The molecule has 176 valence electrons. The van der Waals surface area contributed by atoms with Crippen LogP contribution in [0.5, 0.6) is 17.2 Å². The first-order valence-electron chi connectivity index (χ1n) is 10.5. The molecule has 3 heterocycles. The Morgan fingerprint density at radius 3 is 2.59 bits per heavy atom. The number of benzene rings is 2. The van der Waals surface area contributed by atoms with Crippen molar-refractivity contribution in [3.63, 3.8) is 0 Å². The molecule has 1 aliphatic rings. The van der Waals surface area contributed by atoms with Crippen LogP contribution in [0.15, 0.2) is 63.3 Å². The quantitative estimate of drug-likeness (QED) is 0.367. The summed E-state index contributed by atoms with van der Waals surface area (Å²) in [7, 11) is -2.43. The first-order chi connectivity index (χ1) is 16.5. The smallest absolute Gasteiger partial charge is 0.269 e. The van der Waals surface area contributed by atoms with Gasteiger partial charge in [-0.1, -0.05) is 5.16 Å². The van der Waals surface area contributed by atoms with Crippen molar-refractivity contribution in [2.75, 3.05) is 31.2 Å². The number of sulfonamides is 1. The van der Waals surface area contributed by atoms with E-state index in [1.165, 1.54) is 28.8 Å². The van der Waals surface area contributed by atoms with Crippen molar-refractivity contribution in [3.8, 4) is 39.4 Å². The molecule has 1 aliphatic heterocycles. The monoisotopic (exact) mass is 499 g/mol. The number of ether oxygens (including phenoxy) is 3. The van der Waals surface area contributed by atoms with E-state index in [0.29, 0.717) is 47.7 Å². The molecule has 0 bridgehead atoms. The highest BCUT2D eigenvalue weighted by molar-refractivity contribution is 7.93. The van der Waals surface area contributed by atoms with Crippen molar-refractivity contribution in [2.24, 2.45) is 0 Å². The topological polar surface area (TPSA) is 104 Å². The molecular weight excluding hydrogens is 478 g/mol. The maximum Gasteiger partial charge on any atom is 0.269 e. The van der Waals surface area contributed by atoms with E-state index < -0.39 is 10.0 Å². The van der Waals surface area contributed by atoms with E-state index in [-0.39, 0.29) is 10.8 Å². The minimum absolute atomic E-state index is 0.0804. The number of nitrogens with zero attached hydrogens (tertiary/aromatic N) is 3. The van der Waals surface area contributed by atoms with Crippen LogP contribution in [0, 0.1) is 0 Å². The number of hydrogen-bond acceptors (Lipinski definition) is 9. The fraction of sp³-hybridized carbons (Fsp3) is 0.217. The number of aromatic nitrogens is 2. The zero-order valence-electron chi connectivity index (χ0n) is 18.4. The highest BCUT2D eigenvalue weighted by Gasteiger charge is 2.29. The Bertz CT molecular complexity index is 1410. The van der Waals surface area contributed by atoms with E-state index in [2.05, 4.69) is 10.1 Å². The van der Waals surface area contributed by atoms with Crippen LogP contribution in [0.1, 0.15) is 6.92 Å². The van der Waals surface area contributed by atoms with E-state index in [1.54, 1.807) is 23.6 Å². The normalized spacial score (nSPS) is 13.0. The van der Waals surface area contributed by atoms with Crippen LogP contribution in [0.3, 0.4) is 0 Å². The molecule has 34 heavy (non-hydrogen) atoms. The highest BCUT2D eigenvalue weighted by atomic mass is 32.2. The SMILES string of the molecule is CCOc1ccc(-c2noc(-c3sccc3S(=O)(=O)N(C)c3ccc4c(c3)OCCO4)n2)cc1. The van der Waals surface area contributed by atoms with Gasteiger partial charge in [0.15, 0.2) is 11.5 Å². The molecule has 0 aliphatic carbocycles. The summed E-state index contributed by atoms with van der Waals surface area (Å²) in [6.45, 7) is 3.36. The van der Waals surface area contributed by atoms with Crippen molar-refractivity contribution in [1.29, 1.82) is 0 Å². The number of anilines is 1. The van der Waals surface area contributed by atoms with Crippen molar-refractivity contribution in [1.82, 2.24) is 10.1 Å². The second-order valence-electron chi connectivity index (χ2n) is 7.29. The Morgan fingerprint density at radius 2 is 1.82 bits per heavy atom. The number of thiophene rings is 1. The van der Waals surface area contributed by atoms with Gasteiger partial charge in [0.2, 0.25) is 5.82 Å². The van der Waals surface area contributed by atoms with Gasteiger partial charge in [0, 0.05) is 18.7 Å². The van der Waals surface area contributed by atoms with E-state index in [1.807, 2.05) is 31.2 Å². The summed E-state index contributed by atoms with van der Waals surface area (Å²) in [5.74, 6) is 2.32. The van der Waals surface area contributed by atoms with Crippen LogP contribution < -0.4 is 18.5 Å². The van der Waals surface area contributed by atoms with Crippen LogP contribution in [0.25, 0.3) is 22.2 Å². The molecule has 0 N–H and O–H groups in total. The molecule has 9 nitrogen and oxygen atoms in total. The predicted octanol–water partition coefficient (Wildman–Crippen LogP) is 4.46. The lowest BCUT2D eigenvalue weighted by atomic mass is 10.2. The summed E-state index contributed by atoms with van der Waals surface area (Å²) in [5, 5.41) is 5.71. The Balaban J connectivity index is 1.44. The Kier molecular flexibility index (Phi) is 5.88. The van der Waals surface area contributed by atoms with Gasteiger partial charge in [-0.15, -0.1) is 11.3 Å². The van der Waals surface area contributed by atoms with Crippen molar-refractivity contribution >= 4 is 27.0 Å². The zero-order valence-corrected chi connectivity index (χ0v) is 20.1. The van der Waals surface area contributed by atoms with Gasteiger partial charge in [0.25, 0.3) is 15.9 Å². The van der Waals surface area contributed by atoms with Crippen LogP contribution in [0.4, 0.5) is 5.69 Å². The van der Waals surface area contributed by atoms with E-state index in [4.69, 9.17) is 18.7 Å². The molecule has 0 fully saturated rings. The number of rotatable bonds is 7. The van der Waals surface area contributed by atoms with Gasteiger partial charge >= 0.3 is 0 Å². The lowest BCUT2D eigenvalue weighted by Crippen LogP contribution is -2.27. The molecule has 0 saturated carbocycles. The Hall–Kier alpha value is -3.57. The van der Waals surface area contributed by atoms with Gasteiger partial charge in [-0.05, 0) is 54.8 Å². The molecule has 5 rings (SSSR count). The molecule has 0 saturated heterocycles. The van der Waals surface area contributed by atoms with Crippen LogP contribution in [-0.4, -0.2) is 45.4 Å². The summed E-state index contributed by atoms with van der Waals surface area (Å²) in [5.41, 5.74) is 1.18. The third-order valence-corrected chi connectivity index (χ3v) is 8.06. The summed E-state index contributed by atoms with van der Waals surface area (Å²) in [6, 6.07) is 13.8. The van der Waals surface area contributed by atoms with Gasteiger partial charge in [-0.3, -0.25) is 4.31 Å². The second kappa shape index (κ2) is 8.99. The minimum Gasteiger partial charge on any atom is -0.494 e. The highest BCUT2D eigenvalue weighted by Crippen LogP contribution is 2.38. The minimum atomic E-state index is -3.92. The lowest BCUT2D eigenvalue weighted by Gasteiger charge is -2.23. The van der Waals surface area contributed by atoms with Crippen LogP contribution in [-0.2, 0) is 10.0 Å². The van der Waals surface area contributed by atoms with Gasteiger partial charge in [-0.25, -0.2) is 8.42 Å². The maximum atomic E-state index is 13.5. The second-order valence-corrected chi connectivity index (χ2v) is 10.1. The maximum absolute atomic E-state index is 13.5. The molecule has 11 heteroatoms. The zero-order chi connectivity index (χ0) is 23.7. The summed E-state index contributed by atoms with van der Waals surface area (Å²) in [6.07, 6.45) is 0. The van der Waals surface area contributed by atoms with Gasteiger partial charge in [0.1, 0.15) is 28.7 Å². The van der Waals surface area contributed by atoms with E-state index in [0.717, 1.165) is 11.3 Å². The molecule has 2 aromatic heterocycles. The number of fused-ring (bicyclic) bond motifs is 1. The molecule has 0 atom stereocenters. The van der Waals surface area contributed by atoms with E-state index >= 15 is 0 Å². The van der Waals surface area contributed by atoms with Gasteiger partial charge in [0.05, 0.1) is 12.3 Å². The fourth-order valence-corrected chi connectivity index (χ4v) is 5.97. The largest absolute Gasteiger partial charge is 0.494 e. The molecule has 0 spiro atoms. The molecule has 0 unspecified atom stereocenters. The average Bonchev–Trinajstić information content (AvgIpc) is 3.54. The molecule has 0 radical (unpaired) electrons. The fourth-order valence-electron chi connectivity index (χ4n) is 3.47. The van der Waals surface area contributed by atoms with Gasteiger partial charge in [-0.2, -0.15) is 4.98 Å². The Labute approximate surface area is 200 Å². The molecule has 2 aromatic carbocycles. The summed E-state index contributed by atoms with van der Waals surface area (Å²) < 4.78 is 50.2. The van der Waals surface area contributed by atoms with Crippen molar-refractivity contribution < 1.29 is 27.2 Å². The summed E-state index contributed by atoms with van der Waals surface area (Å²) >= 11 is 1.22.